The molecule has 0 aromatic heterocycles. The zero-order valence-corrected chi connectivity index (χ0v) is 12.6. The van der Waals surface area contributed by atoms with Gasteiger partial charge in [-0.15, -0.1) is 0 Å². The van der Waals surface area contributed by atoms with E-state index in [0.717, 1.165) is 12.1 Å². The molecule has 0 saturated heterocycles. The summed E-state index contributed by atoms with van der Waals surface area (Å²) < 4.78 is 103. The first-order valence-electron chi connectivity index (χ1n) is 6.89. The average Bonchev–Trinajstić information content (AvgIpc) is 2.51. The van der Waals surface area contributed by atoms with Crippen LogP contribution in [0.15, 0.2) is 36.4 Å². The van der Waals surface area contributed by atoms with Crippen molar-refractivity contribution in [3.8, 4) is 0 Å². The molecule has 0 aliphatic heterocycles. The lowest BCUT2D eigenvalue weighted by atomic mass is 10.0. The highest BCUT2D eigenvalue weighted by atomic mass is 19.4. The number of rotatable bonds is 3. The van der Waals surface area contributed by atoms with Gasteiger partial charge in [0.1, 0.15) is 11.6 Å². The molecule has 10 heteroatoms. The number of halogens is 8. The fraction of sp³-hybridized carbons (Fsp3) is 0.188. The van der Waals surface area contributed by atoms with Gasteiger partial charge in [-0.2, -0.15) is 26.3 Å². The van der Waals surface area contributed by atoms with Crippen LogP contribution in [0.3, 0.4) is 0 Å². The van der Waals surface area contributed by atoms with Crippen LogP contribution in [-0.4, -0.2) is 5.91 Å². The Hall–Kier alpha value is -2.65. The van der Waals surface area contributed by atoms with E-state index < -0.39 is 53.1 Å². The van der Waals surface area contributed by atoms with E-state index in [9.17, 15) is 39.9 Å². The van der Waals surface area contributed by atoms with Gasteiger partial charge >= 0.3 is 12.4 Å². The third-order valence-corrected chi connectivity index (χ3v) is 3.30. The minimum absolute atomic E-state index is 0.115. The first-order chi connectivity index (χ1) is 11.9. The molecular formula is C16H9F8NO. The van der Waals surface area contributed by atoms with Crippen LogP contribution in [0.5, 0.6) is 0 Å². The molecule has 0 aliphatic carbocycles. The first kappa shape index (κ1) is 19.7. The number of carbonyl (C=O) groups excluding carboxylic acids is 1. The number of hydrogen-bond donors (Lipinski definition) is 1. The van der Waals surface area contributed by atoms with Gasteiger partial charge in [0.05, 0.1) is 11.1 Å². The van der Waals surface area contributed by atoms with E-state index in [1.54, 1.807) is 0 Å². The molecule has 0 saturated carbocycles. The van der Waals surface area contributed by atoms with Gasteiger partial charge < -0.3 is 5.32 Å². The summed E-state index contributed by atoms with van der Waals surface area (Å²) in [6.45, 7) is -0.553. The van der Waals surface area contributed by atoms with Gasteiger partial charge in [0.2, 0.25) is 0 Å². The fourth-order valence-electron chi connectivity index (χ4n) is 2.03. The normalized spacial score (nSPS) is 12.2. The van der Waals surface area contributed by atoms with Gasteiger partial charge in [-0.05, 0) is 24.3 Å². The summed E-state index contributed by atoms with van der Waals surface area (Å²) in [7, 11) is 0. The van der Waals surface area contributed by atoms with Crippen molar-refractivity contribution in [2.24, 2.45) is 0 Å². The summed E-state index contributed by atoms with van der Waals surface area (Å²) in [6.07, 6.45) is -10.2. The molecule has 0 fully saturated rings. The van der Waals surface area contributed by atoms with Crippen LogP contribution in [0, 0.1) is 11.6 Å². The predicted molar refractivity (Wildman–Crippen MR) is 74.0 cm³/mol. The molecule has 140 valence electrons. The number of carbonyl (C=O) groups is 1. The molecular weight excluding hydrogens is 374 g/mol. The summed E-state index contributed by atoms with van der Waals surface area (Å²) in [6, 6.07) is 2.79. The Bertz CT molecular complexity index is 794. The van der Waals surface area contributed by atoms with Gasteiger partial charge in [-0.3, -0.25) is 4.79 Å². The minimum Gasteiger partial charge on any atom is -0.348 e. The monoisotopic (exact) mass is 383 g/mol. The highest BCUT2D eigenvalue weighted by Gasteiger charge is 2.37. The predicted octanol–water partition coefficient (Wildman–Crippen LogP) is 4.93. The largest absolute Gasteiger partial charge is 0.416 e. The molecule has 0 heterocycles. The molecule has 2 aromatic rings. The van der Waals surface area contributed by atoms with Crippen LogP contribution in [0.1, 0.15) is 27.0 Å². The molecule has 2 aromatic carbocycles. The van der Waals surface area contributed by atoms with Crippen molar-refractivity contribution in [1.82, 2.24) is 5.32 Å². The molecule has 0 bridgehead atoms. The van der Waals surface area contributed by atoms with E-state index in [2.05, 4.69) is 0 Å². The number of alkyl halides is 6. The maximum atomic E-state index is 13.5. The van der Waals surface area contributed by atoms with E-state index in [4.69, 9.17) is 0 Å². The van der Waals surface area contributed by atoms with Crippen LogP contribution >= 0.6 is 0 Å². The Labute approximate surface area is 141 Å². The molecule has 2 nitrogen and oxygen atoms in total. The van der Waals surface area contributed by atoms with Crippen LogP contribution < -0.4 is 5.32 Å². The molecule has 0 unspecified atom stereocenters. The van der Waals surface area contributed by atoms with Gasteiger partial charge in [0, 0.05) is 23.7 Å². The zero-order chi connectivity index (χ0) is 19.7. The molecule has 0 aliphatic rings. The molecule has 0 radical (unpaired) electrons. The van der Waals surface area contributed by atoms with Crippen molar-refractivity contribution in [3.63, 3.8) is 0 Å². The van der Waals surface area contributed by atoms with Gasteiger partial charge in [-0.25, -0.2) is 8.78 Å². The first-order valence-corrected chi connectivity index (χ1v) is 6.89. The maximum absolute atomic E-state index is 13.5. The lowest BCUT2D eigenvalue weighted by Gasteiger charge is -2.14. The van der Waals surface area contributed by atoms with Crippen LogP contribution in [0.25, 0.3) is 0 Å². The van der Waals surface area contributed by atoms with Crippen molar-refractivity contribution in [1.29, 1.82) is 0 Å². The Balaban J connectivity index is 2.30. The highest BCUT2D eigenvalue weighted by Crippen LogP contribution is 2.36. The third-order valence-electron chi connectivity index (χ3n) is 3.30. The number of benzene rings is 2. The van der Waals surface area contributed by atoms with Crippen molar-refractivity contribution < 1.29 is 39.9 Å². The standard InChI is InChI=1S/C16H9F8NO/c17-12-2-1-8(13(18)6-12)7-25-14(26)9-3-10(15(19,20)21)5-11(4-9)16(22,23)24/h1-6H,7H2,(H,25,26). The van der Waals surface area contributed by atoms with E-state index in [0.29, 0.717) is 6.07 Å². The highest BCUT2D eigenvalue weighted by molar-refractivity contribution is 5.94. The Morgan fingerprint density at radius 1 is 0.846 bits per heavy atom. The second-order valence-electron chi connectivity index (χ2n) is 5.21. The van der Waals surface area contributed by atoms with Crippen LogP contribution in [0.2, 0.25) is 0 Å². The van der Waals surface area contributed by atoms with Gasteiger partial charge in [0.15, 0.2) is 0 Å². The Morgan fingerprint density at radius 3 is 1.85 bits per heavy atom. The summed E-state index contributed by atoms with van der Waals surface area (Å²) in [5.74, 6) is -3.18. The van der Waals surface area contributed by atoms with Crippen molar-refractivity contribution in [3.05, 3.63) is 70.3 Å². The lowest BCUT2D eigenvalue weighted by Crippen LogP contribution is -2.24. The average molecular weight is 383 g/mol. The number of hydrogen-bond acceptors (Lipinski definition) is 1. The third kappa shape index (κ3) is 4.70. The second-order valence-corrected chi connectivity index (χ2v) is 5.21. The molecule has 1 N–H and O–H groups in total. The Morgan fingerprint density at radius 2 is 1.38 bits per heavy atom. The zero-order valence-electron chi connectivity index (χ0n) is 12.6. The van der Waals surface area contributed by atoms with E-state index in [-0.39, 0.29) is 23.8 Å². The molecule has 2 rings (SSSR count). The maximum Gasteiger partial charge on any atom is 0.416 e. The summed E-state index contributed by atoms with van der Waals surface area (Å²) in [4.78, 5) is 11.9. The van der Waals surface area contributed by atoms with Crippen molar-refractivity contribution >= 4 is 5.91 Å². The smallest absolute Gasteiger partial charge is 0.348 e. The lowest BCUT2D eigenvalue weighted by molar-refractivity contribution is -0.143. The van der Waals surface area contributed by atoms with Crippen molar-refractivity contribution in [2.75, 3.05) is 0 Å². The van der Waals surface area contributed by atoms with Crippen LogP contribution in [0.4, 0.5) is 35.1 Å². The summed E-state index contributed by atoms with van der Waals surface area (Å²) >= 11 is 0. The number of amides is 1. The molecule has 0 spiro atoms. The second kappa shape index (κ2) is 6.93. The fourth-order valence-corrected chi connectivity index (χ4v) is 2.03. The van der Waals surface area contributed by atoms with Crippen molar-refractivity contribution in [2.45, 2.75) is 18.9 Å². The molecule has 26 heavy (non-hydrogen) atoms. The molecule has 1 amide bonds. The Kier molecular flexibility index (Phi) is 5.24. The summed E-state index contributed by atoms with van der Waals surface area (Å²) in [5.41, 5.74) is -4.38. The topological polar surface area (TPSA) is 29.1 Å². The summed E-state index contributed by atoms with van der Waals surface area (Å²) in [5, 5.41) is 2.00. The van der Waals surface area contributed by atoms with Crippen LogP contribution in [-0.2, 0) is 18.9 Å². The SMILES string of the molecule is O=C(NCc1ccc(F)cc1F)c1cc(C(F)(F)F)cc(C(F)(F)F)c1. The minimum atomic E-state index is -5.10. The van der Waals surface area contributed by atoms with E-state index >= 15 is 0 Å². The van der Waals surface area contributed by atoms with Gasteiger partial charge in [-0.1, -0.05) is 6.07 Å². The number of nitrogens with one attached hydrogen (secondary N) is 1. The van der Waals surface area contributed by atoms with Gasteiger partial charge in [0.25, 0.3) is 5.91 Å². The van der Waals surface area contributed by atoms with E-state index in [1.807, 2.05) is 5.32 Å². The quantitative estimate of drug-likeness (QED) is 0.748. The van der Waals surface area contributed by atoms with E-state index in [1.165, 1.54) is 0 Å². The molecule has 0 atom stereocenters.